The summed E-state index contributed by atoms with van der Waals surface area (Å²) in [5.41, 5.74) is 0. The molecule has 3 nitrogen and oxygen atoms in total. The molecule has 2 fully saturated rings. The topological polar surface area (TPSA) is 32.3 Å². The number of halogens is 1. The largest absolute Gasteiger partial charge is 0.343 e. The number of hydrogen-bond donors (Lipinski definition) is 1. The molecule has 0 aromatic rings. The fourth-order valence-electron chi connectivity index (χ4n) is 2.31. The Bertz CT molecular complexity index is 225. The Morgan fingerprint density at radius 1 is 1.25 bits per heavy atom. The van der Waals surface area contributed by atoms with E-state index in [1.54, 1.807) is 0 Å². The van der Waals surface area contributed by atoms with E-state index in [9.17, 15) is 4.79 Å². The Morgan fingerprint density at radius 3 is 2.44 bits per heavy atom. The molecule has 0 bridgehead atoms. The maximum atomic E-state index is 11.9. The smallest absolute Gasteiger partial charge is 0.222 e. The molecule has 1 heterocycles. The Kier molecular flexibility index (Phi) is 5.56. The van der Waals surface area contributed by atoms with Crippen molar-refractivity contribution in [1.82, 2.24) is 10.2 Å². The molecule has 0 atom stereocenters. The molecule has 1 aliphatic heterocycles. The second-order valence-corrected chi connectivity index (χ2v) is 4.97. The van der Waals surface area contributed by atoms with E-state index in [0.717, 1.165) is 44.7 Å². The molecule has 4 heteroatoms. The van der Waals surface area contributed by atoms with Crippen molar-refractivity contribution >= 4 is 18.3 Å². The predicted molar refractivity (Wildman–Crippen MR) is 67.9 cm³/mol. The van der Waals surface area contributed by atoms with Crippen LogP contribution in [-0.2, 0) is 4.79 Å². The van der Waals surface area contributed by atoms with E-state index < -0.39 is 0 Å². The molecule has 1 amide bonds. The zero-order valence-corrected chi connectivity index (χ0v) is 10.9. The van der Waals surface area contributed by atoms with Crippen LogP contribution in [-0.4, -0.2) is 37.0 Å². The summed E-state index contributed by atoms with van der Waals surface area (Å²) in [5.74, 6) is 1.23. The van der Waals surface area contributed by atoms with E-state index in [0.29, 0.717) is 11.9 Å². The van der Waals surface area contributed by atoms with E-state index in [2.05, 4.69) is 5.32 Å². The standard InChI is InChI=1S/C12H22N2O.ClH/c1-14(11-6-8-13-9-7-11)12(15)5-4-10-2-3-10;/h10-11,13H,2-9H2,1H3;1H. The molecular formula is C12H23ClN2O. The number of piperidine rings is 1. The minimum absolute atomic E-state index is 0. The van der Waals surface area contributed by atoms with E-state index in [4.69, 9.17) is 0 Å². The minimum atomic E-state index is 0. The Hall–Kier alpha value is -0.280. The molecule has 1 N–H and O–H groups in total. The zero-order chi connectivity index (χ0) is 10.7. The van der Waals surface area contributed by atoms with Crippen LogP contribution in [0.25, 0.3) is 0 Å². The van der Waals surface area contributed by atoms with Crippen molar-refractivity contribution in [3.63, 3.8) is 0 Å². The minimum Gasteiger partial charge on any atom is -0.343 e. The van der Waals surface area contributed by atoms with Gasteiger partial charge in [0, 0.05) is 19.5 Å². The Balaban J connectivity index is 0.00000128. The number of hydrogen-bond acceptors (Lipinski definition) is 2. The van der Waals surface area contributed by atoms with Crippen LogP contribution in [0.1, 0.15) is 38.5 Å². The van der Waals surface area contributed by atoms with Crippen molar-refractivity contribution in [2.45, 2.75) is 44.6 Å². The lowest BCUT2D eigenvalue weighted by Gasteiger charge is -2.31. The third kappa shape index (κ3) is 3.95. The summed E-state index contributed by atoms with van der Waals surface area (Å²) in [4.78, 5) is 13.9. The zero-order valence-electron chi connectivity index (χ0n) is 10.1. The van der Waals surface area contributed by atoms with E-state index >= 15 is 0 Å². The number of amides is 1. The van der Waals surface area contributed by atoms with Gasteiger partial charge in [-0.15, -0.1) is 12.4 Å². The molecule has 16 heavy (non-hydrogen) atoms. The number of carbonyl (C=O) groups is 1. The van der Waals surface area contributed by atoms with Crippen LogP contribution < -0.4 is 5.32 Å². The molecule has 0 radical (unpaired) electrons. The highest BCUT2D eigenvalue weighted by Gasteiger charge is 2.25. The number of nitrogens with zero attached hydrogens (tertiary/aromatic N) is 1. The normalized spacial score (nSPS) is 21.3. The number of nitrogens with one attached hydrogen (secondary N) is 1. The van der Waals surface area contributed by atoms with Crippen molar-refractivity contribution in [3.8, 4) is 0 Å². The first kappa shape index (κ1) is 13.8. The molecule has 0 unspecified atom stereocenters. The monoisotopic (exact) mass is 246 g/mol. The average Bonchev–Trinajstić information content (AvgIpc) is 3.10. The van der Waals surface area contributed by atoms with Gasteiger partial charge in [-0.3, -0.25) is 4.79 Å². The summed E-state index contributed by atoms with van der Waals surface area (Å²) in [6.07, 6.45) is 6.82. The predicted octanol–water partition coefficient (Wildman–Crippen LogP) is 1.81. The maximum absolute atomic E-state index is 11.9. The van der Waals surface area contributed by atoms with Gasteiger partial charge in [0.2, 0.25) is 5.91 Å². The highest BCUT2D eigenvalue weighted by molar-refractivity contribution is 5.85. The molecular weight excluding hydrogens is 224 g/mol. The van der Waals surface area contributed by atoms with E-state index in [1.807, 2.05) is 11.9 Å². The highest BCUT2D eigenvalue weighted by Crippen LogP contribution is 2.33. The van der Waals surface area contributed by atoms with Crippen LogP contribution in [0.15, 0.2) is 0 Å². The van der Waals surface area contributed by atoms with E-state index in [1.165, 1.54) is 12.8 Å². The van der Waals surface area contributed by atoms with Crippen LogP contribution in [0.4, 0.5) is 0 Å². The summed E-state index contributed by atoms with van der Waals surface area (Å²) in [5, 5.41) is 3.33. The van der Waals surface area contributed by atoms with Gasteiger partial charge >= 0.3 is 0 Å². The van der Waals surface area contributed by atoms with Gasteiger partial charge in [-0.05, 0) is 38.3 Å². The molecule has 0 spiro atoms. The molecule has 0 aromatic carbocycles. The Morgan fingerprint density at radius 2 is 1.88 bits per heavy atom. The molecule has 1 saturated heterocycles. The van der Waals surface area contributed by atoms with Gasteiger partial charge < -0.3 is 10.2 Å². The van der Waals surface area contributed by atoms with Crippen molar-refractivity contribution in [1.29, 1.82) is 0 Å². The molecule has 2 rings (SSSR count). The Labute approximate surface area is 104 Å². The van der Waals surface area contributed by atoms with Crippen LogP contribution >= 0.6 is 12.4 Å². The lowest BCUT2D eigenvalue weighted by Crippen LogP contribution is -2.43. The third-order valence-electron chi connectivity index (χ3n) is 3.71. The summed E-state index contributed by atoms with van der Waals surface area (Å²) in [6.45, 7) is 2.12. The van der Waals surface area contributed by atoms with Gasteiger partial charge in [0.1, 0.15) is 0 Å². The maximum Gasteiger partial charge on any atom is 0.222 e. The first-order valence-electron chi connectivity index (χ1n) is 6.24. The molecule has 0 aromatic heterocycles. The quantitative estimate of drug-likeness (QED) is 0.821. The van der Waals surface area contributed by atoms with Crippen molar-refractivity contribution in [2.24, 2.45) is 5.92 Å². The van der Waals surface area contributed by atoms with Crippen LogP contribution in [0.5, 0.6) is 0 Å². The van der Waals surface area contributed by atoms with Gasteiger partial charge in [-0.25, -0.2) is 0 Å². The molecule has 1 aliphatic carbocycles. The second kappa shape index (κ2) is 6.45. The van der Waals surface area contributed by atoms with Crippen LogP contribution in [0.3, 0.4) is 0 Å². The average molecular weight is 247 g/mol. The fraction of sp³-hybridized carbons (Fsp3) is 0.917. The summed E-state index contributed by atoms with van der Waals surface area (Å²) < 4.78 is 0. The number of carbonyl (C=O) groups excluding carboxylic acids is 1. The van der Waals surface area contributed by atoms with Crippen molar-refractivity contribution < 1.29 is 4.79 Å². The van der Waals surface area contributed by atoms with Gasteiger partial charge in [0.15, 0.2) is 0 Å². The lowest BCUT2D eigenvalue weighted by molar-refractivity contribution is -0.132. The second-order valence-electron chi connectivity index (χ2n) is 4.97. The van der Waals surface area contributed by atoms with Crippen LogP contribution in [0.2, 0.25) is 0 Å². The lowest BCUT2D eigenvalue weighted by atomic mass is 10.0. The summed E-state index contributed by atoms with van der Waals surface area (Å²) >= 11 is 0. The summed E-state index contributed by atoms with van der Waals surface area (Å²) in [7, 11) is 1.98. The fourth-order valence-corrected chi connectivity index (χ4v) is 2.31. The van der Waals surface area contributed by atoms with Crippen molar-refractivity contribution in [3.05, 3.63) is 0 Å². The van der Waals surface area contributed by atoms with Gasteiger partial charge in [-0.1, -0.05) is 12.8 Å². The molecule has 2 aliphatic rings. The van der Waals surface area contributed by atoms with E-state index in [-0.39, 0.29) is 12.4 Å². The SMILES string of the molecule is CN(C(=O)CCC1CC1)C1CCNCC1.Cl. The first-order chi connectivity index (χ1) is 7.27. The van der Waals surface area contributed by atoms with Crippen molar-refractivity contribution in [2.75, 3.05) is 20.1 Å². The van der Waals surface area contributed by atoms with Crippen LogP contribution in [0, 0.1) is 5.92 Å². The van der Waals surface area contributed by atoms with Gasteiger partial charge in [0.05, 0.1) is 0 Å². The highest BCUT2D eigenvalue weighted by atomic mass is 35.5. The van der Waals surface area contributed by atoms with Gasteiger partial charge in [0.25, 0.3) is 0 Å². The molecule has 94 valence electrons. The van der Waals surface area contributed by atoms with Gasteiger partial charge in [-0.2, -0.15) is 0 Å². The summed E-state index contributed by atoms with van der Waals surface area (Å²) in [6, 6.07) is 0.484. The third-order valence-corrected chi connectivity index (χ3v) is 3.71. The first-order valence-corrected chi connectivity index (χ1v) is 6.24. The number of rotatable bonds is 4. The molecule has 1 saturated carbocycles.